The molecule has 0 aliphatic heterocycles. The highest BCUT2D eigenvalue weighted by atomic mass is 19.4. The Morgan fingerprint density at radius 1 is 1.12 bits per heavy atom. The molecule has 0 radical (unpaired) electrons. The third-order valence-electron chi connectivity index (χ3n) is 2.65. The van der Waals surface area contributed by atoms with Crippen molar-refractivity contribution in [2.24, 2.45) is 0 Å². The van der Waals surface area contributed by atoms with E-state index in [0.717, 1.165) is 16.7 Å². The molecule has 1 N–H and O–H groups in total. The predicted molar refractivity (Wildman–Crippen MR) is 63.1 cm³/mol. The number of rotatable bonds is 4. The van der Waals surface area contributed by atoms with Crippen molar-refractivity contribution in [3.05, 3.63) is 34.9 Å². The Morgan fingerprint density at radius 3 is 2.06 bits per heavy atom. The lowest BCUT2D eigenvalue weighted by Crippen LogP contribution is -2.32. The van der Waals surface area contributed by atoms with Gasteiger partial charge in [0.05, 0.1) is 6.42 Å². The first-order chi connectivity index (χ1) is 7.80. The summed E-state index contributed by atoms with van der Waals surface area (Å²) in [7, 11) is 1.57. The Bertz CT molecular complexity index is 351. The van der Waals surface area contributed by atoms with Crippen molar-refractivity contribution >= 4 is 0 Å². The number of aryl methyl sites for hydroxylation is 2. The molecule has 0 amide bonds. The lowest BCUT2D eigenvalue weighted by Gasteiger charge is -2.18. The molecule has 0 aromatic heterocycles. The summed E-state index contributed by atoms with van der Waals surface area (Å²) in [5.41, 5.74) is 3.12. The van der Waals surface area contributed by atoms with Crippen molar-refractivity contribution in [2.45, 2.75) is 38.9 Å². The number of alkyl halides is 3. The minimum absolute atomic E-state index is 0.401. The number of hydrogen-bond donors (Lipinski definition) is 1. The molecule has 0 heterocycles. The first-order valence-electron chi connectivity index (χ1n) is 5.61. The van der Waals surface area contributed by atoms with Crippen molar-refractivity contribution in [2.75, 3.05) is 7.05 Å². The molecular weight excluding hydrogens is 227 g/mol. The molecule has 0 spiro atoms. The molecule has 96 valence electrons. The van der Waals surface area contributed by atoms with E-state index < -0.39 is 18.6 Å². The number of halogens is 3. The van der Waals surface area contributed by atoms with E-state index in [4.69, 9.17) is 0 Å². The molecule has 17 heavy (non-hydrogen) atoms. The summed E-state index contributed by atoms with van der Waals surface area (Å²) in [5.74, 6) is 0. The molecule has 1 unspecified atom stereocenters. The van der Waals surface area contributed by atoms with Gasteiger partial charge in [-0.25, -0.2) is 0 Å². The maximum absolute atomic E-state index is 12.3. The minimum Gasteiger partial charge on any atom is -0.316 e. The average molecular weight is 245 g/mol. The Hall–Kier alpha value is -1.03. The fourth-order valence-corrected chi connectivity index (χ4v) is 2.03. The summed E-state index contributed by atoms with van der Waals surface area (Å²) < 4.78 is 36.9. The van der Waals surface area contributed by atoms with Gasteiger partial charge in [0.15, 0.2) is 0 Å². The molecule has 0 saturated heterocycles. The van der Waals surface area contributed by atoms with Crippen molar-refractivity contribution in [1.29, 1.82) is 0 Å². The standard InChI is InChI=1S/C13H18F3N/c1-9-4-10(2)6-11(5-9)7-12(17-3)8-13(14,15)16/h4-6,12,17H,7-8H2,1-3H3. The Balaban J connectivity index is 2.73. The second-order valence-electron chi connectivity index (χ2n) is 4.50. The molecule has 1 rings (SSSR count). The summed E-state index contributed by atoms with van der Waals surface area (Å²) in [6.07, 6.45) is -4.51. The van der Waals surface area contributed by atoms with Crippen LogP contribution < -0.4 is 5.32 Å². The van der Waals surface area contributed by atoms with E-state index in [9.17, 15) is 13.2 Å². The Morgan fingerprint density at radius 2 is 1.65 bits per heavy atom. The zero-order valence-corrected chi connectivity index (χ0v) is 10.4. The average Bonchev–Trinajstić information content (AvgIpc) is 2.12. The van der Waals surface area contributed by atoms with Crippen LogP contribution in [0.1, 0.15) is 23.1 Å². The van der Waals surface area contributed by atoms with Crippen LogP contribution in [0.2, 0.25) is 0 Å². The maximum atomic E-state index is 12.3. The third kappa shape index (κ3) is 5.22. The lowest BCUT2D eigenvalue weighted by atomic mass is 9.99. The SMILES string of the molecule is CNC(Cc1cc(C)cc(C)c1)CC(F)(F)F. The van der Waals surface area contributed by atoms with Gasteiger partial charge in [0.2, 0.25) is 0 Å². The minimum atomic E-state index is -4.12. The Labute approximate surface area is 100 Å². The van der Waals surface area contributed by atoms with Crippen molar-refractivity contribution < 1.29 is 13.2 Å². The second-order valence-corrected chi connectivity index (χ2v) is 4.50. The number of benzene rings is 1. The molecule has 0 aliphatic carbocycles. The summed E-state index contributed by atoms with van der Waals surface area (Å²) in [4.78, 5) is 0. The van der Waals surface area contributed by atoms with Crippen LogP contribution in [-0.4, -0.2) is 19.3 Å². The maximum Gasteiger partial charge on any atom is 0.390 e. The number of likely N-dealkylation sites (N-methyl/N-ethyl adjacent to an activating group) is 1. The lowest BCUT2D eigenvalue weighted by molar-refractivity contribution is -0.139. The van der Waals surface area contributed by atoms with Crippen LogP contribution >= 0.6 is 0 Å². The fraction of sp³-hybridized carbons (Fsp3) is 0.538. The normalized spacial score (nSPS) is 13.8. The molecule has 0 aliphatic rings. The smallest absolute Gasteiger partial charge is 0.316 e. The van der Waals surface area contributed by atoms with Crippen LogP contribution in [0.4, 0.5) is 13.2 Å². The second kappa shape index (κ2) is 5.54. The molecular formula is C13H18F3N. The molecule has 4 heteroatoms. The first kappa shape index (κ1) is 14.0. The third-order valence-corrected chi connectivity index (χ3v) is 2.65. The summed E-state index contributed by atoms with van der Waals surface area (Å²) >= 11 is 0. The highest BCUT2D eigenvalue weighted by molar-refractivity contribution is 5.29. The van der Waals surface area contributed by atoms with E-state index in [0.29, 0.717) is 6.42 Å². The van der Waals surface area contributed by atoms with Gasteiger partial charge in [0.1, 0.15) is 0 Å². The summed E-state index contributed by atoms with van der Waals surface area (Å²) in [6.45, 7) is 3.91. The highest BCUT2D eigenvalue weighted by Gasteiger charge is 2.31. The van der Waals surface area contributed by atoms with Gasteiger partial charge in [-0.15, -0.1) is 0 Å². The van der Waals surface area contributed by atoms with E-state index in [1.807, 2.05) is 32.0 Å². The van der Waals surface area contributed by atoms with Crippen LogP contribution in [0, 0.1) is 13.8 Å². The quantitative estimate of drug-likeness (QED) is 0.857. The van der Waals surface area contributed by atoms with Crippen LogP contribution in [0.25, 0.3) is 0 Å². The van der Waals surface area contributed by atoms with Gasteiger partial charge in [-0.3, -0.25) is 0 Å². The van der Waals surface area contributed by atoms with Gasteiger partial charge in [0.25, 0.3) is 0 Å². The van der Waals surface area contributed by atoms with Gasteiger partial charge >= 0.3 is 6.18 Å². The van der Waals surface area contributed by atoms with E-state index in [1.165, 1.54) is 0 Å². The van der Waals surface area contributed by atoms with E-state index in [2.05, 4.69) is 5.32 Å². The first-order valence-corrected chi connectivity index (χ1v) is 5.61. The topological polar surface area (TPSA) is 12.0 Å². The number of nitrogens with one attached hydrogen (secondary N) is 1. The summed E-state index contributed by atoms with van der Waals surface area (Å²) in [5, 5.41) is 2.73. The Kier molecular flexibility index (Phi) is 4.57. The molecule has 0 fully saturated rings. The monoisotopic (exact) mass is 245 g/mol. The van der Waals surface area contributed by atoms with E-state index in [-0.39, 0.29) is 0 Å². The number of hydrogen-bond acceptors (Lipinski definition) is 1. The highest BCUT2D eigenvalue weighted by Crippen LogP contribution is 2.23. The van der Waals surface area contributed by atoms with Crippen molar-refractivity contribution in [3.63, 3.8) is 0 Å². The van der Waals surface area contributed by atoms with Crippen LogP contribution in [0.3, 0.4) is 0 Å². The molecule has 1 aromatic carbocycles. The van der Waals surface area contributed by atoms with E-state index >= 15 is 0 Å². The zero-order chi connectivity index (χ0) is 13.1. The van der Waals surface area contributed by atoms with Crippen molar-refractivity contribution in [3.8, 4) is 0 Å². The van der Waals surface area contributed by atoms with Gasteiger partial charge < -0.3 is 5.32 Å². The molecule has 0 saturated carbocycles. The largest absolute Gasteiger partial charge is 0.390 e. The molecule has 0 bridgehead atoms. The predicted octanol–water partition coefficient (Wildman–Crippen LogP) is 3.39. The fourth-order valence-electron chi connectivity index (χ4n) is 2.03. The van der Waals surface area contributed by atoms with Gasteiger partial charge in [-0.1, -0.05) is 29.3 Å². The zero-order valence-electron chi connectivity index (χ0n) is 10.4. The molecule has 1 nitrogen and oxygen atoms in total. The molecule has 1 atom stereocenters. The van der Waals surface area contributed by atoms with Gasteiger partial charge in [0, 0.05) is 6.04 Å². The van der Waals surface area contributed by atoms with E-state index in [1.54, 1.807) is 7.05 Å². The van der Waals surface area contributed by atoms with Crippen LogP contribution in [-0.2, 0) is 6.42 Å². The van der Waals surface area contributed by atoms with Gasteiger partial charge in [-0.05, 0) is 32.9 Å². The molecule has 1 aromatic rings. The summed E-state index contributed by atoms with van der Waals surface area (Å²) in [6, 6.07) is 5.33. The van der Waals surface area contributed by atoms with Crippen molar-refractivity contribution in [1.82, 2.24) is 5.32 Å². The van der Waals surface area contributed by atoms with Gasteiger partial charge in [-0.2, -0.15) is 13.2 Å². The van der Waals surface area contributed by atoms with Crippen LogP contribution in [0.15, 0.2) is 18.2 Å². The van der Waals surface area contributed by atoms with Crippen LogP contribution in [0.5, 0.6) is 0 Å².